The molecular weight excluding hydrogens is 418 g/mol. The maximum absolute atomic E-state index is 12.5. The van der Waals surface area contributed by atoms with Crippen LogP contribution in [0, 0.1) is 0 Å². The maximum atomic E-state index is 12.5. The van der Waals surface area contributed by atoms with Gasteiger partial charge in [0.1, 0.15) is 5.75 Å². The second-order valence-electron chi connectivity index (χ2n) is 8.41. The van der Waals surface area contributed by atoms with Crippen molar-refractivity contribution < 1.29 is 15.0 Å². The highest BCUT2D eigenvalue weighted by Crippen LogP contribution is 2.41. The number of aromatic hydroxyl groups is 1. The Labute approximate surface area is 185 Å². The quantitative estimate of drug-likeness (QED) is 0.576. The van der Waals surface area contributed by atoms with Gasteiger partial charge in [0.2, 0.25) is 0 Å². The minimum Gasteiger partial charge on any atom is -0.506 e. The first-order chi connectivity index (χ1) is 14.5. The lowest BCUT2D eigenvalue weighted by Gasteiger charge is -2.15. The molecule has 3 aromatic rings. The van der Waals surface area contributed by atoms with Crippen LogP contribution < -0.4 is 5.56 Å². The van der Waals surface area contributed by atoms with Crippen LogP contribution in [0.15, 0.2) is 23.0 Å². The second kappa shape index (κ2) is 8.05. The summed E-state index contributed by atoms with van der Waals surface area (Å²) in [4.78, 5) is 29.2. The first kappa shape index (κ1) is 21.5. The summed E-state index contributed by atoms with van der Waals surface area (Å²) in [5, 5.41) is 21.0. The summed E-state index contributed by atoms with van der Waals surface area (Å²) in [6.45, 7) is 3.21. The van der Waals surface area contributed by atoms with Crippen LogP contribution in [-0.2, 0) is 26.4 Å². The van der Waals surface area contributed by atoms with Gasteiger partial charge in [-0.2, -0.15) is 0 Å². The van der Waals surface area contributed by atoms with Gasteiger partial charge in [0, 0.05) is 41.3 Å². The van der Waals surface area contributed by atoms with Crippen LogP contribution in [0.4, 0.5) is 0 Å². The van der Waals surface area contributed by atoms with Crippen molar-refractivity contribution in [2.45, 2.75) is 38.6 Å². The Hall–Kier alpha value is -2.77. The van der Waals surface area contributed by atoms with Crippen LogP contribution in [0.1, 0.15) is 46.4 Å². The zero-order chi connectivity index (χ0) is 21.0. The number of hydrogen-bond acceptors (Lipinski definition) is 4. The van der Waals surface area contributed by atoms with Crippen molar-refractivity contribution in [3.63, 3.8) is 0 Å². The summed E-state index contributed by atoms with van der Waals surface area (Å²) in [7, 11) is 2.04. The molecular formula is C23H26ClN3O4. The number of aryl methyl sites for hydroxylation is 1. The minimum atomic E-state index is -1.41. The van der Waals surface area contributed by atoms with Crippen LogP contribution >= 0.6 is 12.4 Å². The number of likely N-dealkylation sites (tertiary alicyclic amines) is 1. The Kier molecular flexibility index (Phi) is 5.58. The van der Waals surface area contributed by atoms with E-state index in [4.69, 9.17) is 0 Å². The fourth-order valence-electron chi connectivity index (χ4n) is 5.12. The van der Waals surface area contributed by atoms with Gasteiger partial charge in [0.05, 0.1) is 5.69 Å². The number of H-pyrrole nitrogens is 1. The molecule has 1 aliphatic carbocycles. The summed E-state index contributed by atoms with van der Waals surface area (Å²) in [6.07, 6.45) is 4.59. The average molecular weight is 444 g/mol. The molecule has 0 unspecified atom stereocenters. The molecule has 5 rings (SSSR count). The van der Waals surface area contributed by atoms with E-state index in [0.717, 1.165) is 54.6 Å². The number of pyridine rings is 1. The van der Waals surface area contributed by atoms with E-state index in [9.17, 15) is 19.8 Å². The Morgan fingerprint density at radius 2 is 1.90 bits per heavy atom. The Morgan fingerprint density at radius 1 is 1.16 bits per heavy atom. The third kappa shape index (κ3) is 3.42. The first-order valence-electron chi connectivity index (χ1n) is 10.5. The highest BCUT2D eigenvalue weighted by Gasteiger charge is 2.28. The smallest absolute Gasteiger partial charge is 0.345 e. The molecule has 8 heteroatoms. The van der Waals surface area contributed by atoms with E-state index in [-0.39, 0.29) is 12.4 Å². The Morgan fingerprint density at radius 3 is 2.61 bits per heavy atom. The SMILES string of the molecule is Cl.Cn1c2c(c3ccc(CN4CCCC4)cc31)-c1[nH]c(=O)c(C(=O)O)c(O)c1CCC2. The van der Waals surface area contributed by atoms with Gasteiger partial charge < -0.3 is 19.8 Å². The highest BCUT2D eigenvalue weighted by molar-refractivity contribution is 6.00. The topological polar surface area (TPSA) is 98.6 Å². The van der Waals surface area contributed by atoms with Crippen molar-refractivity contribution in [1.82, 2.24) is 14.5 Å². The van der Waals surface area contributed by atoms with Crippen molar-refractivity contribution in [3.05, 3.63) is 50.9 Å². The van der Waals surface area contributed by atoms with Gasteiger partial charge in [-0.25, -0.2) is 4.79 Å². The number of nitrogens with zero attached hydrogens (tertiary/aromatic N) is 2. The average Bonchev–Trinajstić information content (AvgIpc) is 3.24. The summed E-state index contributed by atoms with van der Waals surface area (Å²) in [5.74, 6) is -1.82. The highest BCUT2D eigenvalue weighted by atomic mass is 35.5. The van der Waals surface area contributed by atoms with E-state index in [0.29, 0.717) is 17.7 Å². The lowest BCUT2D eigenvalue weighted by molar-refractivity contribution is 0.0691. The number of rotatable bonds is 3. The van der Waals surface area contributed by atoms with Crippen LogP contribution in [0.2, 0.25) is 0 Å². The number of hydrogen-bond donors (Lipinski definition) is 3. The molecule has 0 saturated carbocycles. The molecule has 0 atom stereocenters. The molecule has 7 nitrogen and oxygen atoms in total. The molecule has 2 aliphatic rings. The van der Waals surface area contributed by atoms with Crippen LogP contribution in [-0.4, -0.2) is 43.7 Å². The van der Waals surface area contributed by atoms with Crippen molar-refractivity contribution in [2.75, 3.05) is 13.1 Å². The molecule has 2 aromatic heterocycles. The van der Waals surface area contributed by atoms with Crippen molar-refractivity contribution >= 4 is 29.3 Å². The summed E-state index contributed by atoms with van der Waals surface area (Å²) < 4.78 is 2.17. The fraction of sp³-hybridized carbons (Fsp3) is 0.391. The minimum absolute atomic E-state index is 0. The van der Waals surface area contributed by atoms with E-state index in [1.165, 1.54) is 18.4 Å². The van der Waals surface area contributed by atoms with Gasteiger partial charge in [-0.05, 0) is 56.8 Å². The third-order valence-electron chi connectivity index (χ3n) is 6.59. The number of halogens is 1. The molecule has 0 radical (unpaired) electrons. The van der Waals surface area contributed by atoms with Gasteiger partial charge >= 0.3 is 5.97 Å². The zero-order valence-electron chi connectivity index (χ0n) is 17.4. The largest absolute Gasteiger partial charge is 0.506 e. The first-order valence-corrected chi connectivity index (χ1v) is 10.5. The molecule has 1 fully saturated rings. The predicted molar refractivity (Wildman–Crippen MR) is 121 cm³/mol. The van der Waals surface area contributed by atoms with Crippen LogP contribution in [0.5, 0.6) is 5.75 Å². The Balaban J connectivity index is 0.00000231. The van der Waals surface area contributed by atoms with Gasteiger partial charge in [-0.3, -0.25) is 9.69 Å². The molecule has 164 valence electrons. The van der Waals surface area contributed by atoms with E-state index < -0.39 is 22.8 Å². The number of carboxylic acids is 1. The number of carboxylic acid groups (broad SMARTS) is 1. The maximum Gasteiger partial charge on any atom is 0.345 e. The molecule has 1 aromatic carbocycles. The van der Waals surface area contributed by atoms with E-state index in [1.807, 2.05) is 7.05 Å². The molecule has 3 heterocycles. The normalized spacial score (nSPS) is 15.9. The molecule has 31 heavy (non-hydrogen) atoms. The predicted octanol–water partition coefficient (Wildman–Crippen LogP) is 3.44. The van der Waals surface area contributed by atoms with Gasteiger partial charge in [-0.15, -0.1) is 12.4 Å². The molecule has 3 N–H and O–H groups in total. The van der Waals surface area contributed by atoms with Crippen molar-refractivity contribution in [3.8, 4) is 17.0 Å². The number of carbonyl (C=O) groups is 1. The summed E-state index contributed by atoms with van der Waals surface area (Å²) >= 11 is 0. The monoisotopic (exact) mass is 443 g/mol. The second-order valence-corrected chi connectivity index (χ2v) is 8.41. The van der Waals surface area contributed by atoms with Gasteiger partial charge in [-0.1, -0.05) is 12.1 Å². The van der Waals surface area contributed by atoms with Crippen LogP contribution in [0.3, 0.4) is 0 Å². The van der Waals surface area contributed by atoms with E-state index in [2.05, 4.69) is 32.7 Å². The summed E-state index contributed by atoms with van der Waals surface area (Å²) in [5.41, 5.74) is 4.06. The molecule has 0 spiro atoms. The number of nitrogens with one attached hydrogen (secondary N) is 1. The van der Waals surface area contributed by atoms with E-state index >= 15 is 0 Å². The number of benzene rings is 1. The fourth-order valence-corrected chi connectivity index (χ4v) is 5.12. The van der Waals surface area contributed by atoms with Crippen molar-refractivity contribution in [2.24, 2.45) is 7.05 Å². The number of aromatic carboxylic acids is 1. The van der Waals surface area contributed by atoms with Crippen LogP contribution in [0.25, 0.3) is 22.2 Å². The zero-order valence-corrected chi connectivity index (χ0v) is 18.2. The third-order valence-corrected chi connectivity index (χ3v) is 6.59. The molecule has 1 saturated heterocycles. The lowest BCUT2D eigenvalue weighted by Crippen LogP contribution is -2.20. The number of aromatic nitrogens is 2. The lowest BCUT2D eigenvalue weighted by atomic mass is 9.99. The number of fused-ring (bicyclic) bond motifs is 5. The van der Waals surface area contributed by atoms with E-state index in [1.54, 1.807) is 0 Å². The molecule has 1 aliphatic heterocycles. The summed E-state index contributed by atoms with van der Waals surface area (Å²) in [6, 6.07) is 6.44. The van der Waals surface area contributed by atoms with Crippen molar-refractivity contribution in [1.29, 1.82) is 0 Å². The standard InChI is InChI=1S/C23H25N3O4.ClH/c1-25-16-6-4-5-15-20(24-22(28)19(21(15)27)23(29)30)18(16)14-8-7-13(11-17(14)25)12-26-9-2-3-10-26;/h7-8,11H,2-6,9-10,12H2,1H3,(H,29,30)(H2,24,27,28);1H. The van der Waals surface area contributed by atoms with Gasteiger partial charge in [0.25, 0.3) is 5.56 Å². The molecule has 0 bridgehead atoms. The van der Waals surface area contributed by atoms with Gasteiger partial charge in [0.15, 0.2) is 5.56 Å². The molecule has 0 amide bonds. The number of aromatic amines is 1. The Bertz CT molecular complexity index is 1240.